The molecule has 1 atom stereocenters. The van der Waals surface area contributed by atoms with Gasteiger partial charge in [0.25, 0.3) is 0 Å². The number of aryl methyl sites for hydroxylation is 1. The van der Waals surface area contributed by atoms with Gasteiger partial charge in [-0.05, 0) is 19.1 Å². The maximum absolute atomic E-state index is 12.2. The minimum absolute atomic E-state index is 0.101. The molecule has 0 aliphatic carbocycles. The molecular formula is C12H16N4O2S3. The maximum Gasteiger partial charge on any atom is 0.239 e. The molecule has 0 bridgehead atoms. The molecule has 0 saturated heterocycles. The van der Waals surface area contributed by atoms with Crippen molar-refractivity contribution >= 4 is 46.6 Å². The number of anilines is 1. The largest absolute Gasteiger partial charge is 0.360 e. The first-order chi connectivity index (χ1) is 10.1. The summed E-state index contributed by atoms with van der Waals surface area (Å²) in [6, 6.07) is 1.69. The monoisotopic (exact) mass is 344 g/mol. The lowest BCUT2D eigenvalue weighted by atomic mass is 10.3. The van der Waals surface area contributed by atoms with Crippen molar-refractivity contribution in [1.82, 2.24) is 15.4 Å². The highest BCUT2D eigenvalue weighted by molar-refractivity contribution is 8.03. The van der Waals surface area contributed by atoms with Gasteiger partial charge >= 0.3 is 0 Å². The molecule has 2 aromatic rings. The Labute approximate surface area is 135 Å². The van der Waals surface area contributed by atoms with Crippen molar-refractivity contribution in [2.45, 2.75) is 41.1 Å². The molecule has 0 saturated carbocycles. The molecule has 114 valence electrons. The second kappa shape index (κ2) is 7.81. The molecule has 0 radical (unpaired) electrons. The molecule has 0 aromatic carbocycles. The molecule has 0 spiro atoms. The van der Waals surface area contributed by atoms with Crippen LogP contribution in [0.15, 0.2) is 19.3 Å². The van der Waals surface area contributed by atoms with Crippen LogP contribution in [0.4, 0.5) is 5.82 Å². The molecule has 9 heteroatoms. The third kappa shape index (κ3) is 4.72. The highest BCUT2D eigenvalue weighted by Crippen LogP contribution is 2.32. The summed E-state index contributed by atoms with van der Waals surface area (Å²) in [4.78, 5) is 12.2. The third-order valence-electron chi connectivity index (χ3n) is 2.44. The Morgan fingerprint density at radius 1 is 1.43 bits per heavy atom. The molecule has 1 unspecified atom stereocenters. The summed E-state index contributed by atoms with van der Waals surface area (Å²) in [6.45, 7) is 5.82. The van der Waals surface area contributed by atoms with E-state index in [4.69, 9.17) is 4.52 Å². The van der Waals surface area contributed by atoms with Gasteiger partial charge in [0.15, 0.2) is 14.5 Å². The molecular weight excluding hydrogens is 328 g/mol. The summed E-state index contributed by atoms with van der Waals surface area (Å²) in [6.07, 6.45) is 0.698. The fourth-order valence-electron chi connectivity index (χ4n) is 1.50. The first-order valence-electron chi connectivity index (χ1n) is 6.49. The summed E-state index contributed by atoms with van der Waals surface area (Å²) in [7, 11) is 0. The highest BCUT2D eigenvalue weighted by Gasteiger charge is 2.21. The zero-order valence-electron chi connectivity index (χ0n) is 12.0. The van der Waals surface area contributed by atoms with Gasteiger partial charge in [-0.3, -0.25) is 4.79 Å². The summed E-state index contributed by atoms with van der Waals surface area (Å²) in [5.74, 6) is 1.96. The SMILES string of the molecule is CCSc1nnc(SC(CC)C(=O)Nc2cc(C)on2)s1. The number of carbonyl (C=O) groups is 1. The molecule has 2 heterocycles. The first-order valence-corrected chi connectivity index (χ1v) is 9.17. The molecule has 1 amide bonds. The molecule has 21 heavy (non-hydrogen) atoms. The standard InChI is InChI=1S/C12H16N4O2S3/c1-4-8(10(17)13-9-6-7(3)18-16-9)20-12-15-14-11(21-12)19-5-2/h6,8H,4-5H2,1-3H3,(H,13,16,17). The second-order valence-corrected chi connectivity index (χ2v) is 8.03. The van der Waals surface area contributed by atoms with Crippen molar-refractivity contribution in [2.75, 3.05) is 11.1 Å². The number of aromatic nitrogens is 3. The average molecular weight is 344 g/mol. The van der Waals surface area contributed by atoms with Gasteiger partial charge in [-0.2, -0.15) is 0 Å². The lowest BCUT2D eigenvalue weighted by Gasteiger charge is -2.10. The van der Waals surface area contributed by atoms with Gasteiger partial charge in [0.05, 0.1) is 5.25 Å². The van der Waals surface area contributed by atoms with Crippen LogP contribution in [-0.4, -0.2) is 32.3 Å². The molecule has 2 rings (SSSR count). The Hall–Kier alpha value is -1.06. The molecule has 0 fully saturated rings. The predicted octanol–water partition coefficient (Wildman–Crippen LogP) is 3.46. The summed E-state index contributed by atoms with van der Waals surface area (Å²) in [5.41, 5.74) is 0. The summed E-state index contributed by atoms with van der Waals surface area (Å²) >= 11 is 4.60. The van der Waals surface area contributed by atoms with Crippen molar-refractivity contribution in [2.24, 2.45) is 0 Å². The van der Waals surface area contributed by atoms with Crippen LogP contribution in [-0.2, 0) is 4.79 Å². The summed E-state index contributed by atoms with van der Waals surface area (Å²) in [5, 5.41) is 14.5. The smallest absolute Gasteiger partial charge is 0.239 e. The average Bonchev–Trinajstić information content (AvgIpc) is 3.06. The van der Waals surface area contributed by atoms with Gasteiger partial charge in [-0.1, -0.05) is 53.9 Å². The molecule has 0 aliphatic heterocycles. The van der Waals surface area contributed by atoms with E-state index in [1.54, 1.807) is 24.8 Å². The zero-order chi connectivity index (χ0) is 15.2. The minimum Gasteiger partial charge on any atom is -0.360 e. The third-order valence-corrected chi connectivity index (χ3v) is 5.83. The first kappa shape index (κ1) is 16.3. The predicted molar refractivity (Wildman–Crippen MR) is 86.1 cm³/mol. The quantitative estimate of drug-likeness (QED) is 0.770. The van der Waals surface area contributed by atoms with E-state index in [0.29, 0.717) is 18.0 Å². The maximum atomic E-state index is 12.2. The number of amides is 1. The Balaban J connectivity index is 1.96. The van der Waals surface area contributed by atoms with Crippen molar-refractivity contribution < 1.29 is 9.32 Å². The fraction of sp³-hybridized carbons (Fsp3) is 0.500. The van der Waals surface area contributed by atoms with Crippen molar-refractivity contribution in [3.05, 3.63) is 11.8 Å². The van der Waals surface area contributed by atoms with E-state index in [1.807, 2.05) is 6.92 Å². The lowest BCUT2D eigenvalue weighted by molar-refractivity contribution is -0.115. The second-order valence-electron chi connectivity index (χ2n) is 4.09. The van der Waals surface area contributed by atoms with Gasteiger partial charge in [0.1, 0.15) is 5.76 Å². The summed E-state index contributed by atoms with van der Waals surface area (Å²) < 4.78 is 6.67. The number of thioether (sulfide) groups is 2. The Morgan fingerprint density at radius 2 is 2.19 bits per heavy atom. The van der Waals surface area contributed by atoms with Crippen molar-refractivity contribution in [3.63, 3.8) is 0 Å². The number of hydrogen-bond donors (Lipinski definition) is 1. The minimum atomic E-state index is -0.227. The van der Waals surface area contributed by atoms with Crippen LogP contribution in [0, 0.1) is 6.92 Å². The van der Waals surface area contributed by atoms with E-state index in [9.17, 15) is 4.79 Å². The van der Waals surface area contributed by atoms with Gasteiger partial charge in [-0.25, -0.2) is 0 Å². The van der Waals surface area contributed by atoms with Crippen LogP contribution < -0.4 is 5.32 Å². The van der Waals surface area contributed by atoms with Crippen LogP contribution in [0.1, 0.15) is 26.0 Å². The van der Waals surface area contributed by atoms with Crippen molar-refractivity contribution in [1.29, 1.82) is 0 Å². The molecule has 0 aliphatic rings. The topological polar surface area (TPSA) is 80.9 Å². The number of carbonyl (C=O) groups excluding carboxylic acids is 1. The van der Waals surface area contributed by atoms with E-state index >= 15 is 0 Å². The number of hydrogen-bond acceptors (Lipinski definition) is 8. The van der Waals surface area contributed by atoms with E-state index in [1.165, 1.54) is 23.1 Å². The molecule has 6 nitrogen and oxygen atoms in total. The van der Waals surface area contributed by atoms with Crippen LogP contribution in [0.2, 0.25) is 0 Å². The fourth-order valence-corrected chi connectivity index (χ4v) is 4.59. The van der Waals surface area contributed by atoms with Crippen LogP contribution in [0.3, 0.4) is 0 Å². The number of nitrogens with zero attached hydrogens (tertiary/aromatic N) is 3. The van der Waals surface area contributed by atoms with Crippen LogP contribution in [0.5, 0.6) is 0 Å². The molecule has 2 aromatic heterocycles. The number of rotatable bonds is 7. The van der Waals surface area contributed by atoms with Gasteiger partial charge in [-0.15, -0.1) is 10.2 Å². The van der Waals surface area contributed by atoms with E-state index in [2.05, 4.69) is 27.6 Å². The lowest BCUT2D eigenvalue weighted by Crippen LogP contribution is -2.24. The van der Waals surface area contributed by atoms with Crippen molar-refractivity contribution in [3.8, 4) is 0 Å². The molecule has 1 N–H and O–H groups in total. The Morgan fingerprint density at radius 3 is 2.81 bits per heavy atom. The van der Waals surface area contributed by atoms with Gasteiger partial charge in [0.2, 0.25) is 5.91 Å². The zero-order valence-corrected chi connectivity index (χ0v) is 14.4. The Kier molecular flexibility index (Phi) is 6.07. The van der Waals surface area contributed by atoms with E-state index in [0.717, 1.165) is 14.4 Å². The normalized spacial score (nSPS) is 12.3. The van der Waals surface area contributed by atoms with Gasteiger partial charge in [0, 0.05) is 6.07 Å². The van der Waals surface area contributed by atoms with Crippen LogP contribution >= 0.6 is 34.9 Å². The van der Waals surface area contributed by atoms with Gasteiger partial charge < -0.3 is 9.84 Å². The Bertz CT molecular complexity index is 599. The highest BCUT2D eigenvalue weighted by atomic mass is 32.2. The van der Waals surface area contributed by atoms with Crippen LogP contribution in [0.25, 0.3) is 0 Å². The van der Waals surface area contributed by atoms with E-state index in [-0.39, 0.29) is 11.2 Å². The number of nitrogens with one attached hydrogen (secondary N) is 1. The van der Waals surface area contributed by atoms with E-state index < -0.39 is 0 Å².